The first-order valence-electron chi connectivity index (χ1n) is 11.2. The van der Waals surface area contributed by atoms with E-state index >= 15 is 0 Å². The van der Waals surface area contributed by atoms with E-state index in [2.05, 4.69) is 15.8 Å². The van der Waals surface area contributed by atoms with E-state index in [1.54, 1.807) is 54.6 Å². The smallest absolute Gasteiger partial charge is 0.343 e. The number of fused-ring (bicyclic) bond motifs is 1. The number of nitrogens with zero attached hydrogens (tertiary/aromatic N) is 1. The van der Waals surface area contributed by atoms with Crippen LogP contribution in [0.4, 0.5) is 5.69 Å². The molecule has 9 heteroatoms. The predicted octanol–water partition coefficient (Wildman–Crippen LogP) is 4.17. The summed E-state index contributed by atoms with van der Waals surface area (Å²) < 4.78 is 16.2. The first kappa shape index (κ1) is 24.9. The number of carbonyl (C=O) groups excluding carboxylic acids is 3. The molecule has 4 rings (SSSR count). The van der Waals surface area contributed by atoms with Crippen LogP contribution in [-0.4, -0.2) is 38.2 Å². The van der Waals surface area contributed by atoms with Gasteiger partial charge in [-0.3, -0.25) is 9.59 Å². The highest BCUT2D eigenvalue weighted by Crippen LogP contribution is 2.30. The number of nitrogens with one attached hydrogen (secondary N) is 2. The molecular formula is C28H23N3O6. The number of hydrazone groups is 1. The Labute approximate surface area is 212 Å². The van der Waals surface area contributed by atoms with Crippen molar-refractivity contribution in [2.45, 2.75) is 0 Å². The molecule has 4 aromatic carbocycles. The molecule has 4 aromatic rings. The minimum Gasteiger partial charge on any atom is -0.493 e. The minimum absolute atomic E-state index is 0.213. The van der Waals surface area contributed by atoms with Gasteiger partial charge in [0.25, 0.3) is 0 Å². The lowest BCUT2D eigenvalue weighted by molar-refractivity contribution is -0.136. The summed E-state index contributed by atoms with van der Waals surface area (Å²) in [7, 11) is 2.97. The molecule has 0 heterocycles. The summed E-state index contributed by atoms with van der Waals surface area (Å²) in [5.74, 6) is -1.38. The molecule has 0 spiro atoms. The van der Waals surface area contributed by atoms with Gasteiger partial charge in [0.2, 0.25) is 0 Å². The molecule has 0 radical (unpaired) electrons. The molecule has 0 bridgehead atoms. The van der Waals surface area contributed by atoms with Crippen molar-refractivity contribution >= 4 is 40.5 Å². The van der Waals surface area contributed by atoms with Crippen LogP contribution in [0.25, 0.3) is 10.8 Å². The molecule has 2 amide bonds. The number of rotatable bonds is 7. The van der Waals surface area contributed by atoms with Crippen LogP contribution >= 0.6 is 0 Å². The van der Waals surface area contributed by atoms with Crippen LogP contribution in [0.5, 0.6) is 17.2 Å². The van der Waals surface area contributed by atoms with E-state index in [4.69, 9.17) is 14.2 Å². The zero-order valence-electron chi connectivity index (χ0n) is 20.1. The molecule has 37 heavy (non-hydrogen) atoms. The minimum atomic E-state index is -0.954. The van der Waals surface area contributed by atoms with Gasteiger partial charge in [-0.05, 0) is 47.2 Å². The van der Waals surface area contributed by atoms with Crippen LogP contribution in [0.1, 0.15) is 15.9 Å². The Morgan fingerprint density at radius 3 is 2.22 bits per heavy atom. The lowest BCUT2D eigenvalue weighted by atomic mass is 10.0. The van der Waals surface area contributed by atoms with E-state index < -0.39 is 17.8 Å². The summed E-state index contributed by atoms with van der Waals surface area (Å²) in [6, 6.07) is 24.1. The summed E-state index contributed by atoms with van der Waals surface area (Å²) >= 11 is 0. The first-order chi connectivity index (χ1) is 18.0. The summed E-state index contributed by atoms with van der Waals surface area (Å²) in [5.41, 5.74) is 3.37. The summed E-state index contributed by atoms with van der Waals surface area (Å²) in [4.78, 5) is 37.3. The molecule has 0 aliphatic rings. The number of ether oxygens (including phenoxy) is 3. The van der Waals surface area contributed by atoms with Crippen molar-refractivity contribution in [2.24, 2.45) is 5.10 Å². The van der Waals surface area contributed by atoms with Crippen LogP contribution in [0.3, 0.4) is 0 Å². The number of hydrogen-bond acceptors (Lipinski definition) is 7. The highest BCUT2D eigenvalue weighted by Gasteiger charge is 2.17. The molecule has 9 nitrogen and oxygen atoms in total. The van der Waals surface area contributed by atoms with Crippen LogP contribution in [0, 0.1) is 0 Å². The second-order valence-electron chi connectivity index (χ2n) is 7.68. The van der Waals surface area contributed by atoms with Gasteiger partial charge in [0, 0.05) is 11.3 Å². The molecule has 186 valence electrons. The molecule has 0 saturated heterocycles. The highest BCUT2D eigenvalue weighted by molar-refractivity contribution is 6.39. The number of hydrogen-bond donors (Lipinski definition) is 2. The normalized spacial score (nSPS) is 10.6. The van der Waals surface area contributed by atoms with Gasteiger partial charge in [-0.25, -0.2) is 10.2 Å². The molecule has 0 aliphatic carbocycles. The number of amides is 2. The van der Waals surface area contributed by atoms with Gasteiger partial charge in [0.05, 0.1) is 26.0 Å². The van der Waals surface area contributed by atoms with Crippen LogP contribution in [0.2, 0.25) is 0 Å². The maximum Gasteiger partial charge on any atom is 0.343 e. The summed E-state index contributed by atoms with van der Waals surface area (Å²) in [6.45, 7) is 0. The van der Waals surface area contributed by atoms with Crippen molar-refractivity contribution in [2.75, 3.05) is 19.5 Å². The summed E-state index contributed by atoms with van der Waals surface area (Å²) in [5, 5.41) is 8.00. The van der Waals surface area contributed by atoms with E-state index in [1.807, 2.05) is 24.3 Å². The number of esters is 1. The second-order valence-corrected chi connectivity index (χ2v) is 7.68. The fourth-order valence-corrected chi connectivity index (χ4v) is 3.54. The fraction of sp³-hybridized carbons (Fsp3) is 0.0714. The van der Waals surface area contributed by atoms with Gasteiger partial charge in [0.1, 0.15) is 5.75 Å². The van der Waals surface area contributed by atoms with Crippen LogP contribution in [-0.2, 0) is 9.59 Å². The number of methoxy groups -OCH3 is 2. The highest BCUT2D eigenvalue weighted by atomic mass is 16.5. The van der Waals surface area contributed by atoms with E-state index in [-0.39, 0.29) is 11.3 Å². The Balaban J connectivity index is 1.56. The van der Waals surface area contributed by atoms with E-state index in [0.717, 1.165) is 10.8 Å². The maximum absolute atomic E-state index is 12.9. The average molecular weight is 498 g/mol. The number of carbonyl (C=O) groups is 3. The third kappa shape index (κ3) is 5.91. The number of para-hydroxylation sites is 1. The molecule has 0 aliphatic heterocycles. The van der Waals surface area contributed by atoms with E-state index in [9.17, 15) is 14.4 Å². The van der Waals surface area contributed by atoms with Gasteiger partial charge in [0.15, 0.2) is 11.5 Å². The van der Waals surface area contributed by atoms with Crippen molar-refractivity contribution in [3.05, 3.63) is 96.1 Å². The van der Waals surface area contributed by atoms with Crippen LogP contribution < -0.4 is 25.0 Å². The molecule has 0 aromatic heterocycles. The van der Waals surface area contributed by atoms with Gasteiger partial charge < -0.3 is 19.5 Å². The Bertz CT molecular complexity index is 1480. The van der Waals surface area contributed by atoms with Gasteiger partial charge in [-0.2, -0.15) is 5.10 Å². The molecule has 0 unspecified atom stereocenters. The predicted molar refractivity (Wildman–Crippen MR) is 139 cm³/mol. The SMILES string of the molecule is COc1ccc(C(=O)Oc2ccc3ccccc3c2C=NNC(=O)C(=O)Nc2ccccc2)cc1OC. The van der Waals surface area contributed by atoms with Crippen molar-refractivity contribution < 1.29 is 28.6 Å². The van der Waals surface area contributed by atoms with Crippen molar-refractivity contribution in [1.82, 2.24) is 5.43 Å². The first-order valence-corrected chi connectivity index (χ1v) is 11.2. The zero-order chi connectivity index (χ0) is 26.2. The largest absolute Gasteiger partial charge is 0.493 e. The van der Waals surface area contributed by atoms with Gasteiger partial charge in [-0.15, -0.1) is 0 Å². The fourth-order valence-electron chi connectivity index (χ4n) is 3.54. The van der Waals surface area contributed by atoms with Gasteiger partial charge >= 0.3 is 17.8 Å². The topological polar surface area (TPSA) is 115 Å². The van der Waals surface area contributed by atoms with E-state index in [0.29, 0.717) is 22.7 Å². The quantitative estimate of drug-likeness (QED) is 0.130. The Kier molecular flexibility index (Phi) is 7.75. The third-order valence-corrected chi connectivity index (χ3v) is 5.35. The Hall–Kier alpha value is -5.18. The standard InChI is InChI=1S/C28H23N3O6/c1-35-24-15-13-19(16-25(24)36-2)28(34)37-23-14-12-18-8-6-7-11-21(18)22(23)17-29-31-27(33)26(32)30-20-9-4-3-5-10-20/h3-17H,1-2H3,(H,30,32)(H,31,33). The second kappa shape index (κ2) is 11.5. The van der Waals surface area contributed by atoms with Gasteiger partial charge in [-0.1, -0.05) is 48.5 Å². The molecular weight excluding hydrogens is 474 g/mol. The zero-order valence-corrected chi connectivity index (χ0v) is 20.1. The monoisotopic (exact) mass is 497 g/mol. The lowest BCUT2D eigenvalue weighted by Crippen LogP contribution is -2.32. The molecule has 0 saturated carbocycles. The van der Waals surface area contributed by atoms with Crippen molar-refractivity contribution in [3.8, 4) is 17.2 Å². The maximum atomic E-state index is 12.9. The Morgan fingerprint density at radius 2 is 1.46 bits per heavy atom. The Morgan fingerprint density at radius 1 is 0.757 bits per heavy atom. The number of benzene rings is 4. The summed E-state index contributed by atoms with van der Waals surface area (Å²) in [6.07, 6.45) is 1.33. The van der Waals surface area contributed by atoms with Crippen molar-refractivity contribution in [1.29, 1.82) is 0 Å². The van der Waals surface area contributed by atoms with Crippen molar-refractivity contribution in [3.63, 3.8) is 0 Å². The number of anilines is 1. The molecule has 0 fully saturated rings. The molecule has 2 N–H and O–H groups in total. The molecule has 0 atom stereocenters. The third-order valence-electron chi connectivity index (χ3n) is 5.35. The lowest BCUT2D eigenvalue weighted by Gasteiger charge is -2.12. The van der Waals surface area contributed by atoms with E-state index in [1.165, 1.54) is 26.5 Å². The average Bonchev–Trinajstić information content (AvgIpc) is 2.93. The van der Waals surface area contributed by atoms with Crippen LogP contribution in [0.15, 0.2) is 90.0 Å².